The lowest BCUT2D eigenvalue weighted by atomic mass is 9.83. The minimum Gasteiger partial charge on any atom is -0.487 e. The Balaban J connectivity index is 1.91. The molecule has 1 N–H and O–H groups in total. The zero-order valence-electron chi connectivity index (χ0n) is 14.0. The molecule has 126 valence electrons. The Labute approximate surface area is 151 Å². The fourth-order valence-corrected chi connectivity index (χ4v) is 3.78. The lowest BCUT2D eigenvalue weighted by Crippen LogP contribution is -2.44. The highest BCUT2D eigenvalue weighted by Gasteiger charge is 2.39. The molecule has 0 saturated carbocycles. The van der Waals surface area contributed by atoms with Gasteiger partial charge in [0.05, 0.1) is 11.6 Å². The van der Waals surface area contributed by atoms with E-state index in [-0.39, 0.29) is 17.6 Å². The number of carbonyl (C=O) groups is 1. The van der Waals surface area contributed by atoms with Gasteiger partial charge in [0.2, 0.25) is 0 Å². The van der Waals surface area contributed by atoms with Gasteiger partial charge in [0.25, 0.3) is 5.91 Å². The molecule has 0 saturated heterocycles. The van der Waals surface area contributed by atoms with E-state index in [0.717, 1.165) is 35.0 Å². The Kier molecular flexibility index (Phi) is 4.95. The number of benzene rings is 2. The molecule has 0 aliphatic carbocycles. The number of rotatable bonds is 4. The average molecular weight is 388 g/mol. The summed E-state index contributed by atoms with van der Waals surface area (Å²) >= 11 is 3.46. The van der Waals surface area contributed by atoms with Crippen molar-refractivity contribution in [3.8, 4) is 5.75 Å². The standard InChI is InChI=1S/C20H22BrNO2/c1-3-20(4-2)13-17(15-10-6-8-12-18(15)24-20)22-19(23)14-9-5-7-11-16(14)21/h5-12,17H,3-4,13H2,1-2H3,(H,22,23). The summed E-state index contributed by atoms with van der Waals surface area (Å²) in [6.07, 6.45) is 2.62. The maximum atomic E-state index is 12.7. The fraction of sp³-hybridized carbons (Fsp3) is 0.350. The Morgan fingerprint density at radius 1 is 1.17 bits per heavy atom. The molecule has 0 aromatic heterocycles. The zero-order valence-corrected chi connectivity index (χ0v) is 15.6. The Morgan fingerprint density at radius 3 is 2.54 bits per heavy atom. The molecule has 1 aliphatic heterocycles. The molecule has 1 atom stereocenters. The van der Waals surface area contributed by atoms with Crippen LogP contribution in [0, 0.1) is 0 Å². The van der Waals surface area contributed by atoms with E-state index in [1.165, 1.54) is 0 Å². The third-order valence-corrected chi connectivity index (χ3v) is 5.60. The third kappa shape index (κ3) is 3.20. The van der Waals surface area contributed by atoms with Gasteiger partial charge in [-0.15, -0.1) is 0 Å². The van der Waals surface area contributed by atoms with E-state index in [1.54, 1.807) is 0 Å². The van der Waals surface area contributed by atoms with E-state index in [1.807, 2.05) is 48.5 Å². The van der Waals surface area contributed by atoms with E-state index < -0.39 is 0 Å². The van der Waals surface area contributed by atoms with Crippen molar-refractivity contribution in [2.75, 3.05) is 0 Å². The molecule has 2 aromatic carbocycles. The van der Waals surface area contributed by atoms with Crippen molar-refractivity contribution in [2.45, 2.75) is 44.8 Å². The molecule has 1 heterocycles. The number of para-hydroxylation sites is 1. The Hall–Kier alpha value is -1.81. The van der Waals surface area contributed by atoms with E-state index in [9.17, 15) is 4.79 Å². The predicted octanol–water partition coefficient (Wildman–Crippen LogP) is 5.26. The van der Waals surface area contributed by atoms with Gasteiger partial charge in [0.1, 0.15) is 11.4 Å². The summed E-state index contributed by atoms with van der Waals surface area (Å²) in [5.74, 6) is 0.815. The van der Waals surface area contributed by atoms with Crippen LogP contribution >= 0.6 is 15.9 Å². The van der Waals surface area contributed by atoms with Crippen molar-refractivity contribution in [3.05, 3.63) is 64.1 Å². The topological polar surface area (TPSA) is 38.3 Å². The molecular weight excluding hydrogens is 366 g/mol. The van der Waals surface area contributed by atoms with Crippen molar-refractivity contribution in [1.82, 2.24) is 5.32 Å². The van der Waals surface area contributed by atoms with Crippen LogP contribution in [-0.4, -0.2) is 11.5 Å². The molecule has 2 aromatic rings. The zero-order chi connectivity index (χ0) is 17.2. The highest BCUT2D eigenvalue weighted by molar-refractivity contribution is 9.10. The van der Waals surface area contributed by atoms with Crippen molar-refractivity contribution in [1.29, 1.82) is 0 Å². The Bertz CT molecular complexity index is 740. The molecular formula is C20H22BrNO2. The summed E-state index contributed by atoms with van der Waals surface area (Å²) < 4.78 is 7.10. The average Bonchev–Trinajstić information content (AvgIpc) is 2.61. The van der Waals surface area contributed by atoms with Crippen LogP contribution in [0.2, 0.25) is 0 Å². The lowest BCUT2D eigenvalue weighted by molar-refractivity contribution is 0.0227. The number of hydrogen-bond donors (Lipinski definition) is 1. The molecule has 3 rings (SSSR count). The van der Waals surface area contributed by atoms with Crippen LogP contribution in [0.1, 0.15) is 55.1 Å². The minimum absolute atomic E-state index is 0.0468. The van der Waals surface area contributed by atoms with Gasteiger partial charge in [0.15, 0.2) is 0 Å². The molecule has 0 fully saturated rings. The van der Waals surface area contributed by atoms with Crippen LogP contribution < -0.4 is 10.1 Å². The SMILES string of the molecule is CCC1(CC)CC(NC(=O)c2ccccc2Br)c2ccccc2O1. The van der Waals surface area contributed by atoms with Gasteiger partial charge >= 0.3 is 0 Å². The first-order valence-electron chi connectivity index (χ1n) is 8.42. The van der Waals surface area contributed by atoms with Gasteiger partial charge in [-0.25, -0.2) is 0 Å². The van der Waals surface area contributed by atoms with Crippen molar-refractivity contribution in [2.24, 2.45) is 0 Å². The normalized spacial score (nSPS) is 18.4. The molecule has 0 radical (unpaired) electrons. The maximum Gasteiger partial charge on any atom is 0.252 e. The van der Waals surface area contributed by atoms with E-state index in [0.29, 0.717) is 5.56 Å². The molecule has 1 aliphatic rings. The summed E-state index contributed by atoms with van der Waals surface area (Å²) in [5, 5.41) is 3.21. The second kappa shape index (κ2) is 6.98. The summed E-state index contributed by atoms with van der Waals surface area (Å²) in [6, 6.07) is 15.4. The van der Waals surface area contributed by atoms with Crippen LogP contribution in [0.3, 0.4) is 0 Å². The molecule has 3 nitrogen and oxygen atoms in total. The molecule has 4 heteroatoms. The van der Waals surface area contributed by atoms with E-state index >= 15 is 0 Å². The first kappa shape index (κ1) is 17.0. The first-order chi connectivity index (χ1) is 11.6. The summed E-state index contributed by atoms with van der Waals surface area (Å²) in [5.41, 5.74) is 1.48. The first-order valence-corrected chi connectivity index (χ1v) is 9.21. The molecule has 24 heavy (non-hydrogen) atoms. The summed E-state index contributed by atoms with van der Waals surface area (Å²) in [6.45, 7) is 4.29. The minimum atomic E-state index is -0.222. The number of halogens is 1. The Morgan fingerprint density at radius 2 is 1.83 bits per heavy atom. The molecule has 1 amide bonds. The predicted molar refractivity (Wildman–Crippen MR) is 99.3 cm³/mol. The number of fused-ring (bicyclic) bond motifs is 1. The highest BCUT2D eigenvalue weighted by Crippen LogP contribution is 2.42. The van der Waals surface area contributed by atoms with Gasteiger partial charge in [-0.2, -0.15) is 0 Å². The van der Waals surface area contributed by atoms with Crippen molar-refractivity contribution in [3.63, 3.8) is 0 Å². The van der Waals surface area contributed by atoms with Crippen LogP contribution in [0.15, 0.2) is 53.0 Å². The molecule has 0 spiro atoms. The second-order valence-corrected chi connectivity index (χ2v) is 7.09. The number of carbonyl (C=O) groups excluding carboxylic acids is 1. The van der Waals surface area contributed by atoms with E-state index in [4.69, 9.17) is 4.74 Å². The smallest absolute Gasteiger partial charge is 0.252 e. The van der Waals surface area contributed by atoms with Crippen LogP contribution in [0.4, 0.5) is 0 Å². The second-order valence-electron chi connectivity index (χ2n) is 6.24. The van der Waals surface area contributed by atoms with Gasteiger partial charge in [0, 0.05) is 16.5 Å². The monoisotopic (exact) mass is 387 g/mol. The van der Waals surface area contributed by atoms with Crippen LogP contribution in [0.5, 0.6) is 5.75 Å². The number of hydrogen-bond acceptors (Lipinski definition) is 2. The van der Waals surface area contributed by atoms with E-state index in [2.05, 4.69) is 35.1 Å². The maximum absolute atomic E-state index is 12.7. The largest absolute Gasteiger partial charge is 0.487 e. The fourth-order valence-electron chi connectivity index (χ4n) is 3.31. The van der Waals surface area contributed by atoms with Gasteiger partial charge in [-0.3, -0.25) is 4.79 Å². The number of nitrogens with one attached hydrogen (secondary N) is 1. The van der Waals surface area contributed by atoms with Gasteiger partial charge in [-0.1, -0.05) is 44.2 Å². The number of amides is 1. The van der Waals surface area contributed by atoms with Gasteiger partial charge in [-0.05, 0) is 47.0 Å². The van der Waals surface area contributed by atoms with Crippen LogP contribution in [-0.2, 0) is 0 Å². The summed E-state index contributed by atoms with van der Waals surface area (Å²) in [4.78, 5) is 12.7. The summed E-state index contributed by atoms with van der Waals surface area (Å²) in [7, 11) is 0. The molecule has 0 bridgehead atoms. The third-order valence-electron chi connectivity index (χ3n) is 4.91. The van der Waals surface area contributed by atoms with Crippen molar-refractivity contribution >= 4 is 21.8 Å². The highest BCUT2D eigenvalue weighted by atomic mass is 79.9. The van der Waals surface area contributed by atoms with Gasteiger partial charge < -0.3 is 10.1 Å². The van der Waals surface area contributed by atoms with Crippen LogP contribution in [0.25, 0.3) is 0 Å². The molecule has 1 unspecified atom stereocenters. The number of ether oxygens (including phenoxy) is 1. The lowest BCUT2D eigenvalue weighted by Gasteiger charge is -2.41. The quantitative estimate of drug-likeness (QED) is 0.776. The van der Waals surface area contributed by atoms with Crippen molar-refractivity contribution < 1.29 is 9.53 Å².